The van der Waals surface area contributed by atoms with Crippen LogP contribution in [-0.4, -0.2) is 20.5 Å². The molecule has 2 aromatic rings. The predicted octanol–water partition coefficient (Wildman–Crippen LogP) is 7.26. The van der Waals surface area contributed by atoms with Gasteiger partial charge < -0.3 is 9.16 Å². The van der Waals surface area contributed by atoms with Gasteiger partial charge in [-0.15, -0.1) is 0 Å². The number of carbonyl (C=O) groups is 1. The lowest BCUT2D eigenvalue weighted by Gasteiger charge is -2.36. The maximum Gasteiger partial charge on any atom is 0.411 e. The normalized spacial score (nSPS) is 12.9. The van der Waals surface area contributed by atoms with Gasteiger partial charge in [-0.2, -0.15) is 0 Å². The van der Waals surface area contributed by atoms with Crippen LogP contribution in [0.5, 0.6) is 5.75 Å². The number of hydrogen-bond acceptors (Lipinski definition) is 3. The van der Waals surface area contributed by atoms with Crippen molar-refractivity contribution in [1.82, 2.24) is 0 Å². The molecule has 2 rings (SSSR count). The van der Waals surface area contributed by atoms with Gasteiger partial charge in [-0.1, -0.05) is 45.0 Å². The van der Waals surface area contributed by atoms with Crippen LogP contribution in [0.15, 0.2) is 42.5 Å². The number of ether oxygens (including phenoxy) is 1. The highest BCUT2D eigenvalue weighted by molar-refractivity contribution is 6.74. The maximum atomic E-state index is 12.2. The van der Waals surface area contributed by atoms with E-state index in [0.717, 1.165) is 35.4 Å². The van der Waals surface area contributed by atoms with Crippen LogP contribution >= 0.6 is 0 Å². The van der Waals surface area contributed by atoms with Gasteiger partial charge in [-0.3, -0.25) is 5.32 Å². The molecule has 2 aromatic carbocycles. The summed E-state index contributed by atoms with van der Waals surface area (Å²) < 4.78 is 11.9. The third-order valence-electron chi connectivity index (χ3n) is 5.88. The predicted molar refractivity (Wildman–Crippen MR) is 128 cm³/mol. The van der Waals surface area contributed by atoms with Crippen LogP contribution in [0.4, 0.5) is 10.5 Å². The zero-order chi connectivity index (χ0) is 22.5. The number of aryl methyl sites for hydroxylation is 3. The van der Waals surface area contributed by atoms with Gasteiger partial charge in [0.1, 0.15) is 11.9 Å². The molecular formula is C25H37NO3Si. The lowest BCUT2D eigenvalue weighted by atomic mass is 10.1. The molecule has 5 heteroatoms. The fraction of sp³-hybridized carbons (Fsp3) is 0.480. The summed E-state index contributed by atoms with van der Waals surface area (Å²) in [5.41, 5.74) is 4.13. The molecular weight excluding hydrogens is 390 g/mol. The number of nitrogens with one attached hydrogen (secondary N) is 1. The van der Waals surface area contributed by atoms with E-state index in [1.165, 1.54) is 5.56 Å². The largest absolute Gasteiger partial charge is 0.544 e. The van der Waals surface area contributed by atoms with E-state index in [4.69, 9.17) is 9.16 Å². The van der Waals surface area contributed by atoms with E-state index >= 15 is 0 Å². The summed E-state index contributed by atoms with van der Waals surface area (Å²) in [6.45, 7) is 17.1. The Bertz CT molecular complexity index is 854. The molecule has 0 saturated carbocycles. The van der Waals surface area contributed by atoms with Gasteiger partial charge in [0.05, 0.1) is 0 Å². The minimum absolute atomic E-state index is 0.168. The van der Waals surface area contributed by atoms with Crippen molar-refractivity contribution < 1.29 is 14.0 Å². The quantitative estimate of drug-likeness (QED) is 0.473. The molecule has 1 atom stereocenters. The van der Waals surface area contributed by atoms with Gasteiger partial charge in [-0.05, 0) is 86.6 Å². The molecule has 0 aromatic heterocycles. The molecule has 164 valence electrons. The lowest BCUT2D eigenvalue weighted by molar-refractivity contribution is 0.116. The lowest BCUT2D eigenvalue weighted by Crippen LogP contribution is -2.43. The Morgan fingerprint density at radius 2 is 1.70 bits per heavy atom. The third kappa shape index (κ3) is 6.91. The molecule has 1 amide bonds. The van der Waals surface area contributed by atoms with Crippen molar-refractivity contribution in [3.05, 3.63) is 59.2 Å². The summed E-state index contributed by atoms with van der Waals surface area (Å²) in [7, 11) is -1.82. The molecule has 4 nitrogen and oxygen atoms in total. The van der Waals surface area contributed by atoms with Gasteiger partial charge in [-0.25, -0.2) is 4.79 Å². The number of amides is 1. The average Bonchev–Trinajstić information content (AvgIpc) is 2.63. The van der Waals surface area contributed by atoms with E-state index in [0.29, 0.717) is 0 Å². The zero-order valence-corrected chi connectivity index (χ0v) is 20.8. The molecule has 0 saturated heterocycles. The van der Waals surface area contributed by atoms with Crippen LogP contribution in [0, 0.1) is 13.8 Å². The van der Waals surface area contributed by atoms with Crippen molar-refractivity contribution in [1.29, 1.82) is 0 Å². The summed E-state index contributed by atoms with van der Waals surface area (Å²) >= 11 is 0. The summed E-state index contributed by atoms with van der Waals surface area (Å²) in [4.78, 5) is 12.2. The average molecular weight is 428 g/mol. The molecule has 30 heavy (non-hydrogen) atoms. The van der Waals surface area contributed by atoms with E-state index in [2.05, 4.69) is 63.4 Å². The summed E-state index contributed by atoms with van der Waals surface area (Å²) in [5, 5.41) is 3.02. The van der Waals surface area contributed by atoms with E-state index in [1.807, 2.05) is 39.0 Å². The van der Waals surface area contributed by atoms with Gasteiger partial charge in [0.2, 0.25) is 8.32 Å². The number of anilines is 1. The zero-order valence-electron chi connectivity index (χ0n) is 19.8. The highest BCUT2D eigenvalue weighted by Crippen LogP contribution is 2.37. The Kier molecular flexibility index (Phi) is 7.75. The fourth-order valence-corrected chi connectivity index (χ4v) is 3.82. The Balaban J connectivity index is 1.83. The third-order valence-corrected chi connectivity index (χ3v) is 10.2. The van der Waals surface area contributed by atoms with Crippen LogP contribution in [0.1, 0.15) is 50.8 Å². The standard InChI is InChI=1S/C25H37NO3Si/c1-18-9-10-19(2)23(17-18)26-24(27)28-20(3)11-12-21-13-15-22(16-14-21)29-30(7,8)25(4,5)6/h9-10,13-17,20H,11-12H2,1-8H3,(H,26,27). The SMILES string of the molecule is Cc1ccc(C)c(NC(=O)OC(C)CCc2ccc(O[Si](C)(C)C(C)(C)C)cc2)c1. The van der Waals surface area contributed by atoms with E-state index in [-0.39, 0.29) is 11.1 Å². The van der Waals surface area contributed by atoms with E-state index in [9.17, 15) is 4.79 Å². The van der Waals surface area contributed by atoms with E-state index in [1.54, 1.807) is 0 Å². The highest BCUT2D eigenvalue weighted by Gasteiger charge is 2.38. The Labute approximate surface area is 183 Å². The summed E-state index contributed by atoms with van der Waals surface area (Å²) in [6, 6.07) is 14.3. The van der Waals surface area contributed by atoms with Crippen molar-refractivity contribution in [3.8, 4) is 5.75 Å². The van der Waals surface area contributed by atoms with Gasteiger partial charge in [0.15, 0.2) is 0 Å². The van der Waals surface area contributed by atoms with E-state index < -0.39 is 14.4 Å². The number of benzene rings is 2. The van der Waals surface area contributed by atoms with Crippen molar-refractivity contribution in [2.24, 2.45) is 0 Å². The number of rotatable bonds is 7. The molecule has 0 aliphatic rings. The maximum absolute atomic E-state index is 12.2. The van der Waals surface area contributed by atoms with Gasteiger partial charge in [0.25, 0.3) is 0 Å². The first kappa shape index (κ1) is 24.0. The van der Waals surface area contributed by atoms with Crippen LogP contribution in [0.2, 0.25) is 18.1 Å². The highest BCUT2D eigenvalue weighted by atomic mass is 28.4. The van der Waals surface area contributed by atoms with Crippen molar-refractivity contribution in [2.45, 2.75) is 78.6 Å². The second-order valence-electron chi connectivity index (χ2n) is 9.70. The summed E-state index contributed by atoms with van der Waals surface area (Å²) in [5.74, 6) is 0.933. The van der Waals surface area contributed by atoms with Crippen molar-refractivity contribution >= 4 is 20.1 Å². The second-order valence-corrected chi connectivity index (χ2v) is 14.4. The van der Waals surface area contributed by atoms with Crippen LogP contribution in [0.25, 0.3) is 0 Å². The first-order valence-electron chi connectivity index (χ1n) is 10.7. The first-order valence-corrected chi connectivity index (χ1v) is 13.6. The van der Waals surface area contributed by atoms with Crippen molar-refractivity contribution in [2.75, 3.05) is 5.32 Å². The molecule has 0 bridgehead atoms. The monoisotopic (exact) mass is 427 g/mol. The van der Waals surface area contributed by atoms with Crippen molar-refractivity contribution in [3.63, 3.8) is 0 Å². The summed E-state index contributed by atoms with van der Waals surface area (Å²) in [6.07, 6.45) is 1.04. The molecule has 0 fully saturated rings. The Morgan fingerprint density at radius 1 is 1.07 bits per heavy atom. The van der Waals surface area contributed by atoms with Crippen LogP contribution < -0.4 is 9.74 Å². The second kappa shape index (κ2) is 9.69. The molecule has 0 radical (unpaired) electrons. The molecule has 1 N–H and O–H groups in total. The minimum Gasteiger partial charge on any atom is -0.544 e. The minimum atomic E-state index is -1.82. The smallest absolute Gasteiger partial charge is 0.411 e. The molecule has 0 spiro atoms. The Morgan fingerprint density at radius 3 is 2.30 bits per heavy atom. The Hall–Kier alpha value is -2.27. The first-order chi connectivity index (χ1) is 13.9. The number of carbonyl (C=O) groups excluding carboxylic acids is 1. The van der Waals surface area contributed by atoms with Crippen LogP contribution in [-0.2, 0) is 11.2 Å². The molecule has 0 aliphatic carbocycles. The van der Waals surface area contributed by atoms with Crippen LogP contribution in [0.3, 0.4) is 0 Å². The topological polar surface area (TPSA) is 47.6 Å². The fourth-order valence-electron chi connectivity index (χ4n) is 2.79. The molecule has 1 unspecified atom stereocenters. The molecule has 0 aliphatic heterocycles. The van der Waals surface area contributed by atoms with Gasteiger partial charge in [0, 0.05) is 5.69 Å². The molecule has 0 heterocycles. The van der Waals surface area contributed by atoms with Gasteiger partial charge >= 0.3 is 6.09 Å². The number of hydrogen-bond donors (Lipinski definition) is 1.